The van der Waals surface area contributed by atoms with Crippen molar-refractivity contribution in [1.29, 1.82) is 0 Å². The van der Waals surface area contributed by atoms with Gasteiger partial charge in [-0.1, -0.05) is 30.3 Å². The number of benzene rings is 1. The highest BCUT2D eigenvalue weighted by Gasteiger charge is 2.42. The van der Waals surface area contributed by atoms with Crippen molar-refractivity contribution >= 4 is 6.09 Å². The molecular formula is C14H18N2O2. The van der Waals surface area contributed by atoms with Crippen LogP contribution in [0.2, 0.25) is 0 Å². The Bertz CT molecular complexity index is 435. The van der Waals surface area contributed by atoms with Gasteiger partial charge in [0.2, 0.25) is 0 Å². The molecule has 0 aromatic heterocycles. The van der Waals surface area contributed by atoms with Gasteiger partial charge in [-0.2, -0.15) is 0 Å². The van der Waals surface area contributed by atoms with Crippen LogP contribution in [0.15, 0.2) is 30.3 Å². The third-order valence-corrected chi connectivity index (χ3v) is 3.81. The molecule has 1 amide bonds. The molecular weight excluding hydrogens is 228 g/mol. The van der Waals surface area contributed by atoms with Gasteiger partial charge in [-0.25, -0.2) is 4.79 Å². The Morgan fingerprint density at radius 1 is 1.28 bits per heavy atom. The van der Waals surface area contributed by atoms with Crippen molar-refractivity contribution in [2.45, 2.75) is 25.6 Å². The molecule has 1 aromatic rings. The van der Waals surface area contributed by atoms with E-state index >= 15 is 0 Å². The van der Waals surface area contributed by atoms with Gasteiger partial charge < -0.3 is 4.74 Å². The molecule has 2 heterocycles. The summed E-state index contributed by atoms with van der Waals surface area (Å²) in [6.45, 7) is 5.54. The lowest BCUT2D eigenvalue weighted by Crippen LogP contribution is -2.53. The van der Waals surface area contributed by atoms with Crippen molar-refractivity contribution in [2.24, 2.45) is 0 Å². The number of nitrogens with zero attached hydrogens (tertiary/aromatic N) is 2. The van der Waals surface area contributed by atoms with Crippen LogP contribution < -0.4 is 0 Å². The normalized spacial score (nSPS) is 28.1. The SMILES string of the molecule is CC1OC(=O)N2CCN(Cc3ccccc3)CC12. The fourth-order valence-electron chi connectivity index (χ4n) is 2.79. The molecule has 1 aromatic carbocycles. The maximum Gasteiger partial charge on any atom is 0.410 e. The average molecular weight is 246 g/mol. The van der Waals surface area contributed by atoms with Crippen LogP contribution in [0.25, 0.3) is 0 Å². The molecule has 0 aliphatic carbocycles. The molecule has 3 rings (SSSR count). The maximum atomic E-state index is 11.6. The van der Waals surface area contributed by atoms with E-state index < -0.39 is 0 Å². The monoisotopic (exact) mass is 246 g/mol. The van der Waals surface area contributed by atoms with Gasteiger partial charge in [-0.3, -0.25) is 9.80 Å². The molecule has 2 unspecified atom stereocenters. The van der Waals surface area contributed by atoms with Gasteiger partial charge in [0.25, 0.3) is 0 Å². The fourth-order valence-corrected chi connectivity index (χ4v) is 2.79. The molecule has 0 radical (unpaired) electrons. The predicted molar refractivity (Wildman–Crippen MR) is 68.2 cm³/mol. The molecule has 4 nitrogen and oxygen atoms in total. The van der Waals surface area contributed by atoms with Crippen LogP contribution in [-0.4, -0.2) is 47.7 Å². The Labute approximate surface area is 107 Å². The zero-order chi connectivity index (χ0) is 12.5. The highest BCUT2D eigenvalue weighted by molar-refractivity contribution is 5.70. The molecule has 18 heavy (non-hydrogen) atoms. The Kier molecular flexibility index (Phi) is 2.96. The maximum absolute atomic E-state index is 11.6. The minimum Gasteiger partial charge on any atom is -0.444 e. The molecule has 96 valence electrons. The van der Waals surface area contributed by atoms with E-state index in [1.807, 2.05) is 17.9 Å². The first-order valence-corrected chi connectivity index (χ1v) is 6.47. The molecule has 0 N–H and O–H groups in total. The van der Waals surface area contributed by atoms with Crippen LogP contribution in [0.3, 0.4) is 0 Å². The smallest absolute Gasteiger partial charge is 0.410 e. The van der Waals surface area contributed by atoms with Gasteiger partial charge in [0.05, 0.1) is 6.04 Å². The van der Waals surface area contributed by atoms with Gasteiger partial charge in [-0.05, 0) is 12.5 Å². The van der Waals surface area contributed by atoms with Crippen LogP contribution in [0.4, 0.5) is 4.79 Å². The zero-order valence-electron chi connectivity index (χ0n) is 10.6. The van der Waals surface area contributed by atoms with Gasteiger partial charge in [-0.15, -0.1) is 0 Å². The van der Waals surface area contributed by atoms with Gasteiger partial charge in [0, 0.05) is 26.2 Å². The Balaban J connectivity index is 1.66. The van der Waals surface area contributed by atoms with Crippen LogP contribution >= 0.6 is 0 Å². The second kappa shape index (κ2) is 4.61. The molecule has 2 aliphatic rings. The summed E-state index contributed by atoms with van der Waals surface area (Å²) in [7, 11) is 0. The second-order valence-electron chi connectivity index (χ2n) is 5.07. The number of carbonyl (C=O) groups is 1. The fraction of sp³-hybridized carbons (Fsp3) is 0.500. The van der Waals surface area contributed by atoms with E-state index in [1.165, 1.54) is 5.56 Å². The van der Waals surface area contributed by atoms with Crippen LogP contribution in [0.1, 0.15) is 12.5 Å². The van der Waals surface area contributed by atoms with Crippen LogP contribution in [0, 0.1) is 0 Å². The van der Waals surface area contributed by atoms with Crippen molar-refractivity contribution in [3.05, 3.63) is 35.9 Å². The van der Waals surface area contributed by atoms with E-state index in [-0.39, 0.29) is 18.2 Å². The summed E-state index contributed by atoms with van der Waals surface area (Å²) in [5.41, 5.74) is 1.32. The highest BCUT2D eigenvalue weighted by atomic mass is 16.6. The molecule has 2 aliphatic heterocycles. The van der Waals surface area contributed by atoms with Crippen molar-refractivity contribution in [1.82, 2.24) is 9.80 Å². The molecule has 0 spiro atoms. The number of rotatable bonds is 2. The second-order valence-corrected chi connectivity index (χ2v) is 5.07. The molecule has 4 heteroatoms. The first kappa shape index (κ1) is 11.5. The lowest BCUT2D eigenvalue weighted by atomic mass is 10.1. The van der Waals surface area contributed by atoms with Crippen molar-refractivity contribution < 1.29 is 9.53 Å². The highest BCUT2D eigenvalue weighted by Crippen LogP contribution is 2.24. The van der Waals surface area contributed by atoms with E-state index in [1.54, 1.807) is 0 Å². The average Bonchev–Trinajstić information content (AvgIpc) is 2.66. The third-order valence-electron chi connectivity index (χ3n) is 3.81. The quantitative estimate of drug-likeness (QED) is 0.796. The lowest BCUT2D eigenvalue weighted by molar-refractivity contribution is 0.105. The molecule has 2 fully saturated rings. The van der Waals surface area contributed by atoms with Crippen molar-refractivity contribution in [2.75, 3.05) is 19.6 Å². The Morgan fingerprint density at radius 2 is 2.06 bits per heavy atom. The third kappa shape index (κ3) is 2.08. The first-order chi connectivity index (χ1) is 8.74. The zero-order valence-corrected chi connectivity index (χ0v) is 10.6. The van der Waals surface area contributed by atoms with Crippen molar-refractivity contribution in [3.63, 3.8) is 0 Å². The topological polar surface area (TPSA) is 32.8 Å². The van der Waals surface area contributed by atoms with Crippen LogP contribution in [0.5, 0.6) is 0 Å². The number of cyclic esters (lactones) is 1. The Hall–Kier alpha value is -1.55. The summed E-state index contributed by atoms with van der Waals surface area (Å²) < 4.78 is 5.27. The van der Waals surface area contributed by atoms with E-state index in [0.717, 1.165) is 26.2 Å². The summed E-state index contributed by atoms with van der Waals surface area (Å²) in [4.78, 5) is 15.8. The number of amides is 1. The molecule has 2 saturated heterocycles. The number of piperazine rings is 1. The predicted octanol–water partition coefficient (Wildman–Crippen LogP) is 1.71. The van der Waals surface area contributed by atoms with E-state index in [9.17, 15) is 4.79 Å². The molecule has 2 atom stereocenters. The number of fused-ring (bicyclic) bond motifs is 1. The Morgan fingerprint density at radius 3 is 2.83 bits per heavy atom. The number of ether oxygens (including phenoxy) is 1. The lowest BCUT2D eigenvalue weighted by Gasteiger charge is -2.36. The summed E-state index contributed by atoms with van der Waals surface area (Å²) in [6.07, 6.45) is -0.136. The van der Waals surface area contributed by atoms with E-state index in [2.05, 4.69) is 29.2 Å². The number of hydrogen-bond donors (Lipinski definition) is 0. The summed E-state index contributed by atoms with van der Waals surface area (Å²) in [6, 6.07) is 10.7. The first-order valence-electron chi connectivity index (χ1n) is 6.47. The van der Waals surface area contributed by atoms with Crippen LogP contribution in [-0.2, 0) is 11.3 Å². The van der Waals surface area contributed by atoms with Gasteiger partial charge >= 0.3 is 6.09 Å². The standard InChI is InChI=1S/C14H18N2O2/c1-11-13-10-15(7-8-16(13)14(17)18-11)9-12-5-3-2-4-6-12/h2-6,11,13H,7-10H2,1H3. The van der Waals surface area contributed by atoms with Gasteiger partial charge in [0.1, 0.15) is 6.10 Å². The minimum atomic E-state index is -0.146. The minimum absolute atomic E-state index is 0.0103. The molecule has 0 saturated carbocycles. The summed E-state index contributed by atoms with van der Waals surface area (Å²) in [5.74, 6) is 0. The summed E-state index contributed by atoms with van der Waals surface area (Å²) in [5, 5.41) is 0. The number of hydrogen-bond acceptors (Lipinski definition) is 3. The number of carbonyl (C=O) groups excluding carboxylic acids is 1. The summed E-state index contributed by atoms with van der Waals surface area (Å²) >= 11 is 0. The van der Waals surface area contributed by atoms with E-state index in [0.29, 0.717) is 0 Å². The molecule has 0 bridgehead atoms. The van der Waals surface area contributed by atoms with Crippen molar-refractivity contribution in [3.8, 4) is 0 Å². The van der Waals surface area contributed by atoms with Gasteiger partial charge in [0.15, 0.2) is 0 Å². The largest absolute Gasteiger partial charge is 0.444 e. The van der Waals surface area contributed by atoms with E-state index in [4.69, 9.17) is 4.74 Å².